The Balaban J connectivity index is 1.41. The van der Waals surface area contributed by atoms with Crippen molar-refractivity contribution in [1.29, 1.82) is 0 Å². The largest absolute Gasteiger partial charge is 0.325 e. The van der Waals surface area contributed by atoms with E-state index in [0.717, 1.165) is 29.9 Å². The molecule has 1 heterocycles. The molecule has 6 rings (SSSR count). The van der Waals surface area contributed by atoms with E-state index in [2.05, 4.69) is 4.90 Å². The number of halogens is 2. The lowest BCUT2D eigenvalue weighted by Crippen LogP contribution is -2.51. The number of benzene rings is 1. The summed E-state index contributed by atoms with van der Waals surface area (Å²) in [7, 11) is 0. The fraction of sp³-hybridized carbons (Fsp3) is 0.650. The number of nitrogens with zero attached hydrogens (tertiary/aromatic N) is 1. The fourth-order valence-corrected chi connectivity index (χ4v) is 7.90. The molecular formula is C20H23Cl2NOS. The summed E-state index contributed by atoms with van der Waals surface area (Å²) in [5, 5.41) is 1.25. The minimum absolute atomic E-state index is 0.0928. The van der Waals surface area contributed by atoms with Crippen molar-refractivity contribution in [3.8, 4) is 0 Å². The summed E-state index contributed by atoms with van der Waals surface area (Å²) in [5.41, 5.74) is 1.49. The van der Waals surface area contributed by atoms with E-state index < -0.39 is 0 Å². The second-order valence-corrected chi connectivity index (χ2v) is 10.7. The van der Waals surface area contributed by atoms with E-state index in [9.17, 15) is 4.79 Å². The number of carbonyl (C=O) groups is 1. The molecule has 1 atom stereocenters. The van der Waals surface area contributed by atoms with Gasteiger partial charge in [-0.05, 0) is 79.4 Å². The van der Waals surface area contributed by atoms with E-state index in [4.69, 9.17) is 23.2 Å². The highest BCUT2D eigenvalue weighted by Gasteiger charge is 2.52. The predicted molar refractivity (Wildman–Crippen MR) is 104 cm³/mol. The van der Waals surface area contributed by atoms with Crippen molar-refractivity contribution in [2.45, 2.75) is 43.9 Å². The van der Waals surface area contributed by atoms with Crippen molar-refractivity contribution in [1.82, 2.24) is 4.90 Å². The Morgan fingerprint density at radius 3 is 2.28 bits per heavy atom. The maximum absolute atomic E-state index is 12.7. The van der Waals surface area contributed by atoms with Crippen LogP contribution >= 0.6 is 35.0 Å². The lowest BCUT2D eigenvalue weighted by molar-refractivity contribution is -0.134. The first kappa shape index (κ1) is 16.8. The second kappa shape index (κ2) is 6.07. The highest BCUT2D eigenvalue weighted by molar-refractivity contribution is 8.00. The van der Waals surface area contributed by atoms with Gasteiger partial charge in [0.25, 0.3) is 0 Å². The topological polar surface area (TPSA) is 20.3 Å². The Hall–Kier alpha value is -0.380. The third-order valence-electron chi connectivity index (χ3n) is 6.87. The molecule has 0 spiro atoms. The molecule has 4 aliphatic carbocycles. The SMILES string of the molecule is O=C1CS[C@H](c2ccc(Cl)c(Cl)c2)N1CC12CC3CC(CC(C3)C1)C2. The highest BCUT2D eigenvalue weighted by Crippen LogP contribution is 2.61. The van der Waals surface area contributed by atoms with Crippen LogP contribution in [0.2, 0.25) is 10.0 Å². The molecule has 134 valence electrons. The van der Waals surface area contributed by atoms with Crippen LogP contribution in [0.4, 0.5) is 0 Å². The Morgan fingerprint density at radius 1 is 1.04 bits per heavy atom. The molecule has 1 aliphatic heterocycles. The van der Waals surface area contributed by atoms with Crippen LogP contribution in [-0.2, 0) is 4.79 Å². The van der Waals surface area contributed by atoms with Crippen LogP contribution in [-0.4, -0.2) is 23.1 Å². The van der Waals surface area contributed by atoms with Gasteiger partial charge in [0.2, 0.25) is 5.91 Å². The smallest absolute Gasteiger partial charge is 0.233 e. The van der Waals surface area contributed by atoms with Crippen LogP contribution < -0.4 is 0 Å². The van der Waals surface area contributed by atoms with Crippen LogP contribution in [0.1, 0.15) is 49.5 Å². The third-order valence-corrected chi connectivity index (χ3v) is 8.86. The lowest BCUT2D eigenvalue weighted by Gasteiger charge is -2.58. The third kappa shape index (κ3) is 2.91. The maximum Gasteiger partial charge on any atom is 0.233 e. The molecule has 2 nitrogen and oxygen atoms in total. The minimum atomic E-state index is 0.0928. The number of thioether (sulfide) groups is 1. The van der Waals surface area contributed by atoms with E-state index in [1.54, 1.807) is 11.8 Å². The van der Waals surface area contributed by atoms with Gasteiger partial charge in [-0.1, -0.05) is 29.3 Å². The van der Waals surface area contributed by atoms with Crippen molar-refractivity contribution in [2.75, 3.05) is 12.3 Å². The van der Waals surface area contributed by atoms with Gasteiger partial charge in [-0.15, -0.1) is 11.8 Å². The molecule has 1 saturated heterocycles. The molecule has 0 N–H and O–H groups in total. The zero-order valence-corrected chi connectivity index (χ0v) is 16.5. The van der Waals surface area contributed by atoms with Gasteiger partial charge in [-0.25, -0.2) is 0 Å². The van der Waals surface area contributed by atoms with Crippen molar-refractivity contribution in [2.24, 2.45) is 23.2 Å². The Kier molecular flexibility index (Phi) is 4.07. The van der Waals surface area contributed by atoms with Gasteiger partial charge >= 0.3 is 0 Å². The predicted octanol–water partition coefficient (Wildman–Crippen LogP) is 5.78. The fourth-order valence-electron chi connectivity index (χ4n) is 6.41. The first-order valence-electron chi connectivity index (χ1n) is 9.37. The van der Waals surface area contributed by atoms with Gasteiger partial charge in [-0.3, -0.25) is 4.79 Å². The number of hydrogen-bond acceptors (Lipinski definition) is 2. The molecule has 4 saturated carbocycles. The van der Waals surface area contributed by atoms with Crippen LogP contribution in [0, 0.1) is 23.2 Å². The first-order valence-corrected chi connectivity index (χ1v) is 11.2. The Bertz CT molecular complexity index is 686. The summed E-state index contributed by atoms with van der Waals surface area (Å²) < 4.78 is 0. The monoisotopic (exact) mass is 395 g/mol. The lowest BCUT2D eigenvalue weighted by atomic mass is 9.49. The average Bonchev–Trinajstić information content (AvgIpc) is 2.89. The normalized spacial score (nSPS) is 39.4. The molecule has 0 aromatic heterocycles. The van der Waals surface area contributed by atoms with Crippen molar-refractivity contribution < 1.29 is 4.79 Å². The average molecular weight is 396 g/mol. The van der Waals surface area contributed by atoms with E-state index in [1.807, 2.05) is 18.2 Å². The zero-order chi connectivity index (χ0) is 17.2. The molecule has 0 unspecified atom stereocenters. The molecule has 5 heteroatoms. The Morgan fingerprint density at radius 2 is 1.68 bits per heavy atom. The van der Waals surface area contributed by atoms with Crippen LogP contribution in [0.15, 0.2) is 18.2 Å². The van der Waals surface area contributed by atoms with E-state index in [-0.39, 0.29) is 11.3 Å². The molecule has 1 aromatic carbocycles. The van der Waals surface area contributed by atoms with Gasteiger partial charge in [0.05, 0.1) is 15.8 Å². The van der Waals surface area contributed by atoms with E-state index >= 15 is 0 Å². The first-order chi connectivity index (χ1) is 12.0. The summed E-state index contributed by atoms with van der Waals surface area (Å²) in [6.07, 6.45) is 8.33. The van der Waals surface area contributed by atoms with E-state index in [1.165, 1.54) is 38.5 Å². The van der Waals surface area contributed by atoms with Crippen molar-refractivity contribution in [3.63, 3.8) is 0 Å². The Labute approximate surface area is 163 Å². The molecular weight excluding hydrogens is 373 g/mol. The van der Waals surface area contributed by atoms with Crippen molar-refractivity contribution >= 4 is 40.9 Å². The van der Waals surface area contributed by atoms with Gasteiger partial charge in [-0.2, -0.15) is 0 Å². The summed E-state index contributed by atoms with van der Waals surface area (Å²) in [6, 6.07) is 5.81. The molecule has 1 aromatic rings. The minimum Gasteiger partial charge on any atom is -0.325 e. The van der Waals surface area contributed by atoms with Gasteiger partial charge in [0.15, 0.2) is 0 Å². The molecule has 1 amide bonds. The number of rotatable bonds is 3. The number of hydrogen-bond donors (Lipinski definition) is 0. The zero-order valence-electron chi connectivity index (χ0n) is 14.2. The van der Waals surface area contributed by atoms with Crippen LogP contribution in [0.25, 0.3) is 0 Å². The summed E-state index contributed by atoms with van der Waals surface area (Å²) in [6.45, 7) is 0.938. The summed E-state index contributed by atoms with van der Waals surface area (Å²) >= 11 is 14.0. The molecule has 25 heavy (non-hydrogen) atoms. The van der Waals surface area contributed by atoms with Crippen LogP contribution in [0.3, 0.4) is 0 Å². The van der Waals surface area contributed by atoms with E-state index in [0.29, 0.717) is 21.2 Å². The molecule has 4 bridgehead atoms. The second-order valence-electron chi connectivity index (χ2n) is 8.78. The van der Waals surface area contributed by atoms with Crippen molar-refractivity contribution in [3.05, 3.63) is 33.8 Å². The summed E-state index contributed by atoms with van der Waals surface area (Å²) in [4.78, 5) is 14.8. The number of amides is 1. The van der Waals surface area contributed by atoms with Gasteiger partial charge in [0.1, 0.15) is 5.37 Å². The molecule has 0 radical (unpaired) electrons. The maximum atomic E-state index is 12.7. The standard InChI is InChI=1S/C20H23Cl2NOS/c21-16-2-1-15(6-17(16)22)19-23(18(24)10-25-19)11-20-7-12-3-13(8-20)5-14(4-12)9-20/h1-2,6,12-14,19H,3-5,7-11H2/t12?,13?,14?,19-,20?/m1/s1. The molecule has 5 fully saturated rings. The quantitative estimate of drug-likeness (QED) is 0.645. The highest BCUT2D eigenvalue weighted by atomic mass is 35.5. The van der Waals surface area contributed by atoms with Gasteiger partial charge < -0.3 is 4.90 Å². The van der Waals surface area contributed by atoms with Gasteiger partial charge in [0, 0.05) is 6.54 Å². The van der Waals surface area contributed by atoms with Crippen LogP contribution in [0.5, 0.6) is 0 Å². The summed E-state index contributed by atoms with van der Waals surface area (Å²) in [5.74, 6) is 3.62. The number of carbonyl (C=O) groups excluding carboxylic acids is 1. The molecule has 5 aliphatic rings.